The number of pyridine rings is 1. The van der Waals surface area contributed by atoms with Crippen LogP contribution in [0.15, 0.2) is 48.7 Å². The maximum Gasteiger partial charge on any atom is 0.195 e. The molecule has 0 amide bonds. The van der Waals surface area contributed by atoms with E-state index in [1.165, 1.54) is 0 Å². The van der Waals surface area contributed by atoms with Crippen LogP contribution in [0.2, 0.25) is 5.02 Å². The molecule has 0 radical (unpaired) electrons. The van der Waals surface area contributed by atoms with E-state index in [2.05, 4.69) is 20.9 Å². The average molecular weight is 316 g/mol. The molecule has 22 heavy (non-hydrogen) atoms. The fourth-order valence-electron chi connectivity index (χ4n) is 2.65. The minimum Gasteiger partial charge on any atom is -0.369 e. The van der Waals surface area contributed by atoms with Crippen molar-refractivity contribution in [1.82, 2.24) is 9.88 Å². The predicted octanol–water partition coefficient (Wildman–Crippen LogP) is 2.74. The molecule has 114 valence electrons. The molecule has 3 rings (SSSR count). The molecule has 0 aliphatic carbocycles. The van der Waals surface area contributed by atoms with E-state index in [0.717, 1.165) is 36.9 Å². The van der Waals surface area contributed by atoms with Crippen molar-refractivity contribution in [2.75, 3.05) is 37.6 Å². The molecule has 5 heteroatoms. The molecule has 0 spiro atoms. The molecular formula is C17H18ClN3O. The van der Waals surface area contributed by atoms with Crippen LogP contribution in [0.25, 0.3) is 0 Å². The Kier molecular flexibility index (Phi) is 4.71. The number of nitrogens with zero attached hydrogens (tertiary/aromatic N) is 3. The minimum atomic E-state index is 0.0804. The zero-order chi connectivity index (χ0) is 15.4. The van der Waals surface area contributed by atoms with Gasteiger partial charge >= 0.3 is 0 Å². The predicted molar refractivity (Wildman–Crippen MR) is 88.7 cm³/mol. The molecule has 1 saturated heterocycles. The fraction of sp³-hybridized carbons (Fsp3) is 0.294. The lowest BCUT2D eigenvalue weighted by Gasteiger charge is -2.35. The van der Waals surface area contributed by atoms with Crippen molar-refractivity contribution in [3.8, 4) is 0 Å². The van der Waals surface area contributed by atoms with Gasteiger partial charge in [0.15, 0.2) is 5.78 Å². The van der Waals surface area contributed by atoms with E-state index < -0.39 is 0 Å². The first-order valence-corrected chi connectivity index (χ1v) is 7.77. The third kappa shape index (κ3) is 3.64. The summed E-state index contributed by atoms with van der Waals surface area (Å²) in [5.74, 6) is 0.0804. The molecule has 1 aliphatic heterocycles. The van der Waals surface area contributed by atoms with E-state index in [4.69, 9.17) is 11.6 Å². The highest BCUT2D eigenvalue weighted by atomic mass is 35.5. The van der Waals surface area contributed by atoms with Crippen LogP contribution in [0.5, 0.6) is 0 Å². The van der Waals surface area contributed by atoms with Gasteiger partial charge in [0.2, 0.25) is 0 Å². The lowest BCUT2D eigenvalue weighted by Crippen LogP contribution is -2.48. The van der Waals surface area contributed by atoms with Crippen molar-refractivity contribution < 1.29 is 4.79 Å². The van der Waals surface area contributed by atoms with Crippen LogP contribution in [0.1, 0.15) is 10.5 Å². The summed E-state index contributed by atoms with van der Waals surface area (Å²) in [5.41, 5.74) is 1.68. The molecule has 0 bridgehead atoms. The monoisotopic (exact) mass is 315 g/mol. The summed E-state index contributed by atoms with van der Waals surface area (Å²) in [6, 6.07) is 13.3. The zero-order valence-electron chi connectivity index (χ0n) is 12.3. The number of ketones is 1. The van der Waals surface area contributed by atoms with Crippen LogP contribution < -0.4 is 4.90 Å². The number of Topliss-reactive ketones (excluding diaryl/α,β-unsaturated/α-hetero) is 1. The Hall–Kier alpha value is -1.91. The Morgan fingerprint density at radius 2 is 1.91 bits per heavy atom. The van der Waals surface area contributed by atoms with Crippen LogP contribution in [0.3, 0.4) is 0 Å². The van der Waals surface area contributed by atoms with Crippen molar-refractivity contribution in [2.45, 2.75) is 0 Å². The molecule has 2 heterocycles. The van der Waals surface area contributed by atoms with E-state index in [0.29, 0.717) is 12.2 Å². The number of benzene rings is 1. The quantitative estimate of drug-likeness (QED) is 0.813. The topological polar surface area (TPSA) is 36.4 Å². The molecule has 1 aromatic carbocycles. The molecule has 2 aromatic rings. The highest BCUT2D eigenvalue weighted by molar-refractivity contribution is 6.30. The summed E-state index contributed by atoms with van der Waals surface area (Å²) < 4.78 is 0. The van der Waals surface area contributed by atoms with Crippen molar-refractivity contribution >= 4 is 23.1 Å². The van der Waals surface area contributed by atoms with Crippen LogP contribution in [0.4, 0.5) is 5.69 Å². The fourth-order valence-corrected chi connectivity index (χ4v) is 2.83. The maximum atomic E-state index is 12.2. The number of piperazine rings is 1. The summed E-state index contributed by atoms with van der Waals surface area (Å²) >= 11 is 6.04. The second kappa shape index (κ2) is 6.90. The van der Waals surface area contributed by atoms with E-state index >= 15 is 0 Å². The van der Waals surface area contributed by atoms with Gasteiger partial charge < -0.3 is 4.90 Å². The van der Waals surface area contributed by atoms with Gasteiger partial charge in [0.05, 0.1) is 6.54 Å². The first-order chi connectivity index (χ1) is 10.7. The maximum absolute atomic E-state index is 12.2. The highest BCUT2D eigenvalue weighted by Crippen LogP contribution is 2.20. The Balaban J connectivity index is 1.55. The average Bonchev–Trinajstić information content (AvgIpc) is 2.56. The summed E-state index contributed by atoms with van der Waals surface area (Å²) in [4.78, 5) is 20.8. The number of rotatable bonds is 4. The second-order valence-corrected chi connectivity index (χ2v) is 5.82. The van der Waals surface area contributed by atoms with Gasteiger partial charge in [0, 0.05) is 43.1 Å². The van der Waals surface area contributed by atoms with Crippen LogP contribution in [-0.2, 0) is 0 Å². The third-order valence-electron chi connectivity index (χ3n) is 3.86. The van der Waals surface area contributed by atoms with Crippen LogP contribution in [0, 0.1) is 0 Å². The summed E-state index contributed by atoms with van der Waals surface area (Å²) in [5, 5.41) is 0.755. The number of carbonyl (C=O) groups excluding carboxylic acids is 1. The normalized spacial score (nSPS) is 15.8. The molecule has 0 N–H and O–H groups in total. The third-order valence-corrected chi connectivity index (χ3v) is 4.10. The smallest absolute Gasteiger partial charge is 0.195 e. The molecule has 1 fully saturated rings. The van der Waals surface area contributed by atoms with Gasteiger partial charge in [-0.3, -0.25) is 14.7 Å². The summed E-state index contributed by atoms with van der Waals surface area (Å²) in [6.07, 6.45) is 1.66. The standard InChI is InChI=1S/C17H18ClN3O/c18-14-4-3-5-15(12-14)21-10-8-20(9-11-21)13-17(22)16-6-1-2-7-19-16/h1-7,12H,8-11,13H2. The number of hydrogen-bond acceptors (Lipinski definition) is 4. The lowest BCUT2D eigenvalue weighted by atomic mass is 10.2. The summed E-state index contributed by atoms with van der Waals surface area (Å²) in [6.45, 7) is 3.96. The van der Waals surface area contributed by atoms with Gasteiger partial charge in [-0.05, 0) is 30.3 Å². The van der Waals surface area contributed by atoms with Gasteiger partial charge in [-0.15, -0.1) is 0 Å². The van der Waals surface area contributed by atoms with Crippen LogP contribution >= 0.6 is 11.6 Å². The van der Waals surface area contributed by atoms with Crippen molar-refractivity contribution in [3.63, 3.8) is 0 Å². The molecule has 0 unspecified atom stereocenters. The van der Waals surface area contributed by atoms with Crippen molar-refractivity contribution in [3.05, 3.63) is 59.4 Å². The van der Waals surface area contributed by atoms with Gasteiger partial charge in [-0.1, -0.05) is 23.7 Å². The van der Waals surface area contributed by atoms with Gasteiger partial charge in [0.1, 0.15) is 5.69 Å². The number of halogens is 1. The minimum absolute atomic E-state index is 0.0804. The van der Waals surface area contributed by atoms with Crippen LogP contribution in [-0.4, -0.2) is 48.4 Å². The van der Waals surface area contributed by atoms with Crippen molar-refractivity contribution in [2.24, 2.45) is 0 Å². The Morgan fingerprint density at radius 1 is 1.09 bits per heavy atom. The number of aromatic nitrogens is 1. The number of hydrogen-bond donors (Lipinski definition) is 0. The molecule has 1 aromatic heterocycles. The highest BCUT2D eigenvalue weighted by Gasteiger charge is 2.20. The molecule has 0 saturated carbocycles. The molecular weight excluding hydrogens is 298 g/mol. The van der Waals surface area contributed by atoms with E-state index in [1.54, 1.807) is 12.3 Å². The van der Waals surface area contributed by atoms with Crippen molar-refractivity contribution in [1.29, 1.82) is 0 Å². The number of carbonyl (C=O) groups is 1. The Bertz CT molecular complexity index is 639. The second-order valence-electron chi connectivity index (χ2n) is 5.38. The largest absolute Gasteiger partial charge is 0.369 e. The first-order valence-electron chi connectivity index (χ1n) is 7.39. The molecule has 0 atom stereocenters. The SMILES string of the molecule is O=C(CN1CCN(c2cccc(Cl)c2)CC1)c1ccccn1. The van der Waals surface area contributed by atoms with E-state index in [-0.39, 0.29) is 5.78 Å². The van der Waals surface area contributed by atoms with Gasteiger partial charge in [-0.25, -0.2) is 0 Å². The Labute approximate surface area is 135 Å². The van der Waals surface area contributed by atoms with E-state index in [1.807, 2.05) is 30.3 Å². The zero-order valence-corrected chi connectivity index (χ0v) is 13.0. The lowest BCUT2D eigenvalue weighted by molar-refractivity contribution is 0.0921. The number of anilines is 1. The van der Waals surface area contributed by atoms with E-state index in [9.17, 15) is 4.79 Å². The Morgan fingerprint density at radius 3 is 2.59 bits per heavy atom. The van der Waals surface area contributed by atoms with Gasteiger partial charge in [0.25, 0.3) is 0 Å². The van der Waals surface area contributed by atoms with Gasteiger partial charge in [-0.2, -0.15) is 0 Å². The molecule has 4 nitrogen and oxygen atoms in total. The first kappa shape index (κ1) is 15.0. The summed E-state index contributed by atoms with van der Waals surface area (Å²) in [7, 11) is 0. The molecule has 1 aliphatic rings.